The molecule has 0 spiro atoms. The Morgan fingerprint density at radius 3 is 2.05 bits per heavy atom. The summed E-state index contributed by atoms with van der Waals surface area (Å²) in [7, 11) is 0. The van der Waals surface area contributed by atoms with E-state index in [4.69, 9.17) is 0 Å². The Bertz CT molecular complexity index is 1450. The van der Waals surface area contributed by atoms with Gasteiger partial charge in [0.1, 0.15) is 0 Å². The smallest absolute Gasteiger partial charge is 0.314 e. The molecule has 0 saturated heterocycles. The van der Waals surface area contributed by atoms with Gasteiger partial charge >= 0.3 is 11.9 Å². The minimum absolute atomic E-state index is 0.0131. The van der Waals surface area contributed by atoms with Crippen LogP contribution in [0.4, 0.5) is 0 Å². The molecular weight excluding hydrogens is 544 g/mol. The summed E-state index contributed by atoms with van der Waals surface area (Å²) in [4.78, 5) is 24.9. The van der Waals surface area contributed by atoms with E-state index in [2.05, 4.69) is 78.5 Å². The molecule has 4 nitrogen and oxygen atoms in total. The fourth-order valence-electron chi connectivity index (χ4n) is 13.3. The molecule has 7 rings (SSSR count). The fourth-order valence-corrected chi connectivity index (χ4v) is 13.3. The zero-order valence-electron chi connectivity index (χ0n) is 28.0. The molecule has 0 amide bonds. The molecule has 9 atom stereocenters. The van der Waals surface area contributed by atoms with Crippen molar-refractivity contribution < 1.29 is 19.8 Å². The molecule has 2 N–H and O–H groups in total. The molecule has 5 saturated carbocycles. The highest BCUT2D eigenvalue weighted by atomic mass is 16.4. The van der Waals surface area contributed by atoms with Gasteiger partial charge < -0.3 is 10.2 Å². The van der Waals surface area contributed by atoms with Crippen molar-refractivity contribution in [1.29, 1.82) is 0 Å². The summed E-state index contributed by atoms with van der Waals surface area (Å²) in [6.07, 6.45) is 13.5. The number of benzene rings is 1. The summed E-state index contributed by atoms with van der Waals surface area (Å²) < 4.78 is 0. The Hall–Kier alpha value is -2.36. The number of rotatable bonds is 5. The van der Waals surface area contributed by atoms with E-state index in [1.54, 1.807) is 0 Å². The van der Waals surface area contributed by atoms with Crippen LogP contribution in [-0.4, -0.2) is 22.2 Å². The maximum Gasteiger partial charge on any atom is 0.314 e. The van der Waals surface area contributed by atoms with Crippen molar-refractivity contribution in [3.63, 3.8) is 0 Å². The van der Waals surface area contributed by atoms with Gasteiger partial charge in [-0.3, -0.25) is 9.59 Å². The molecule has 0 heterocycles. The van der Waals surface area contributed by atoms with E-state index in [0.29, 0.717) is 23.7 Å². The quantitative estimate of drug-likeness (QED) is 0.331. The molecule has 5 fully saturated rings. The molecule has 0 bridgehead atoms. The molecule has 0 radical (unpaired) electrons. The lowest BCUT2D eigenvalue weighted by Crippen LogP contribution is -2.65. The minimum Gasteiger partial charge on any atom is -0.481 e. The highest BCUT2D eigenvalue weighted by Crippen LogP contribution is 2.77. The second-order valence-corrected chi connectivity index (χ2v) is 17.7. The van der Waals surface area contributed by atoms with E-state index in [1.165, 1.54) is 36.0 Å². The summed E-state index contributed by atoms with van der Waals surface area (Å²) >= 11 is 0. The standard InChI is InChI=1S/C40H54O4/c1-24(2)27-14-19-40(34(43)44)21-20-37(6)29(32(27)40)12-13-31-36(5)17-15-28(35(3,4)30(36)16-18-38(31,37)7)25-8-10-26(11-9-25)39(22-23-39)33(41)42/h8-11,15,27,29-32H,1,12-14,16-23H2,2-7H3,(H,41,42)(H,43,44)/t27-,29+,30-,31+,32?,36-,37+,38+,40-/m0/s1. The molecule has 1 aromatic carbocycles. The molecule has 6 aliphatic carbocycles. The van der Waals surface area contributed by atoms with Gasteiger partial charge in [-0.25, -0.2) is 0 Å². The Labute approximate surface area is 264 Å². The Balaban J connectivity index is 1.22. The van der Waals surface area contributed by atoms with Crippen molar-refractivity contribution in [1.82, 2.24) is 0 Å². The first kappa shape index (κ1) is 30.3. The van der Waals surface area contributed by atoms with Gasteiger partial charge in [0.05, 0.1) is 10.8 Å². The number of carboxylic acids is 2. The van der Waals surface area contributed by atoms with Crippen LogP contribution in [0, 0.1) is 56.7 Å². The largest absolute Gasteiger partial charge is 0.481 e. The number of aliphatic carboxylic acids is 2. The van der Waals surface area contributed by atoms with Crippen molar-refractivity contribution in [2.24, 2.45) is 56.7 Å². The molecule has 238 valence electrons. The van der Waals surface area contributed by atoms with Crippen LogP contribution in [0.3, 0.4) is 0 Å². The summed E-state index contributed by atoms with van der Waals surface area (Å²) in [5, 5.41) is 20.5. The lowest BCUT2D eigenvalue weighted by atomic mass is 9.32. The van der Waals surface area contributed by atoms with E-state index in [0.717, 1.165) is 56.9 Å². The number of hydrogen-bond acceptors (Lipinski definition) is 2. The van der Waals surface area contributed by atoms with Gasteiger partial charge in [-0.2, -0.15) is 0 Å². The van der Waals surface area contributed by atoms with Crippen LogP contribution in [0.1, 0.15) is 123 Å². The van der Waals surface area contributed by atoms with Gasteiger partial charge in [0.25, 0.3) is 0 Å². The lowest BCUT2D eigenvalue weighted by Gasteiger charge is -2.72. The molecule has 0 aliphatic heterocycles. The zero-order chi connectivity index (χ0) is 31.7. The van der Waals surface area contributed by atoms with Crippen molar-refractivity contribution in [3.05, 3.63) is 53.6 Å². The average Bonchev–Trinajstić information content (AvgIpc) is 3.67. The summed E-state index contributed by atoms with van der Waals surface area (Å²) in [6, 6.07) is 8.51. The summed E-state index contributed by atoms with van der Waals surface area (Å²) in [5.41, 5.74) is 4.11. The Morgan fingerprint density at radius 1 is 0.773 bits per heavy atom. The number of carbonyl (C=O) groups is 2. The monoisotopic (exact) mass is 598 g/mol. The topological polar surface area (TPSA) is 74.6 Å². The van der Waals surface area contributed by atoms with E-state index in [9.17, 15) is 19.8 Å². The number of carboxylic acid groups (broad SMARTS) is 2. The van der Waals surface area contributed by atoms with Crippen LogP contribution in [0.5, 0.6) is 0 Å². The molecular formula is C40H54O4. The van der Waals surface area contributed by atoms with Crippen LogP contribution in [0.25, 0.3) is 5.57 Å². The SMILES string of the molecule is C=C(C)[C@@H]1CC[C@]2(C(=O)O)CC[C@]3(C)[C@H](CC[C@@H]4[C@@]5(C)CC=C(c6ccc(C7(C(=O)O)CC7)cc6)C(C)(C)[C@@H]5CC[C@]43C)C12. The molecule has 6 aliphatic rings. The number of allylic oxidation sites excluding steroid dienone is 3. The van der Waals surface area contributed by atoms with Gasteiger partial charge in [-0.1, -0.05) is 77.1 Å². The molecule has 4 heteroatoms. The molecule has 0 aromatic heterocycles. The van der Waals surface area contributed by atoms with Crippen molar-refractivity contribution >= 4 is 17.5 Å². The van der Waals surface area contributed by atoms with Crippen LogP contribution < -0.4 is 0 Å². The molecule has 1 aromatic rings. The maximum atomic E-state index is 13.0. The maximum absolute atomic E-state index is 13.0. The summed E-state index contributed by atoms with van der Waals surface area (Å²) in [5.74, 6) is 0.929. The highest BCUT2D eigenvalue weighted by Gasteiger charge is 2.71. The highest BCUT2D eigenvalue weighted by molar-refractivity contribution is 5.85. The fraction of sp³-hybridized carbons (Fsp3) is 0.700. The normalized spacial score (nSPS) is 44.7. The van der Waals surface area contributed by atoms with E-state index in [1.807, 2.05) is 0 Å². The predicted molar refractivity (Wildman–Crippen MR) is 175 cm³/mol. The third-order valence-corrected chi connectivity index (χ3v) is 16.0. The summed E-state index contributed by atoms with van der Waals surface area (Å²) in [6.45, 7) is 19.3. The second-order valence-electron chi connectivity index (χ2n) is 17.7. The van der Waals surface area contributed by atoms with Crippen molar-refractivity contribution in [2.75, 3.05) is 0 Å². The van der Waals surface area contributed by atoms with Crippen molar-refractivity contribution in [3.8, 4) is 0 Å². The van der Waals surface area contributed by atoms with Crippen LogP contribution in [0.15, 0.2) is 42.5 Å². The van der Waals surface area contributed by atoms with Gasteiger partial charge in [0.15, 0.2) is 0 Å². The Morgan fingerprint density at radius 2 is 1.45 bits per heavy atom. The molecule has 1 unspecified atom stereocenters. The zero-order valence-corrected chi connectivity index (χ0v) is 28.0. The first-order valence-corrected chi connectivity index (χ1v) is 17.5. The first-order valence-electron chi connectivity index (χ1n) is 17.5. The average molecular weight is 599 g/mol. The van der Waals surface area contributed by atoms with Gasteiger partial charge in [0.2, 0.25) is 0 Å². The predicted octanol–water partition coefficient (Wildman–Crippen LogP) is 9.54. The van der Waals surface area contributed by atoms with E-state index in [-0.39, 0.29) is 27.6 Å². The van der Waals surface area contributed by atoms with Crippen molar-refractivity contribution in [2.45, 2.75) is 118 Å². The third kappa shape index (κ3) is 3.63. The van der Waals surface area contributed by atoms with Crippen LogP contribution in [-0.2, 0) is 15.0 Å². The first-order chi connectivity index (χ1) is 20.6. The van der Waals surface area contributed by atoms with E-state index >= 15 is 0 Å². The van der Waals surface area contributed by atoms with Crippen LogP contribution in [0.2, 0.25) is 0 Å². The lowest BCUT2D eigenvalue weighted by molar-refractivity contribution is -0.227. The molecule has 44 heavy (non-hydrogen) atoms. The Kier molecular flexibility index (Phi) is 6.44. The number of fused-ring (bicyclic) bond motifs is 7. The van der Waals surface area contributed by atoms with E-state index < -0.39 is 22.8 Å². The van der Waals surface area contributed by atoms with Gasteiger partial charge in [-0.05, 0) is 146 Å². The third-order valence-electron chi connectivity index (χ3n) is 16.0. The second kappa shape index (κ2) is 9.35. The van der Waals surface area contributed by atoms with Gasteiger partial charge in [-0.15, -0.1) is 0 Å². The minimum atomic E-state index is -0.693. The van der Waals surface area contributed by atoms with Gasteiger partial charge in [0, 0.05) is 0 Å². The number of hydrogen-bond donors (Lipinski definition) is 2. The van der Waals surface area contributed by atoms with Crippen LogP contribution >= 0.6 is 0 Å².